The van der Waals surface area contributed by atoms with Crippen molar-refractivity contribution in [1.82, 2.24) is 4.98 Å². The van der Waals surface area contributed by atoms with Crippen LogP contribution in [0.4, 0.5) is 5.82 Å². The van der Waals surface area contributed by atoms with Gasteiger partial charge >= 0.3 is 5.97 Å². The third kappa shape index (κ3) is 3.55. The first-order valence-corrected chi connectivity index (χ1v) is 7.88. The highest BCUT2D eigenvalue weighted by atomic mass is 16.4. The number of aromatic nitrogens is 1. The van der Waals surface area contributed by atoms with Gasteiger partial charge < -0.3 is 10.0 Å². The van der Waals surface area contributed by atoms with Crippen molar-refractivity contribution in [2.45, 2.75) is 59.4 Å². The Morgan fingerprint density at radius 3 is 2.52 bits per heavy atom. The summed E-state index contributed by atoms with van der Waals surface area (Å²) in [7, 11) is 0. The van der Waals surface area contributed by atoms with E-state index in [1.165, 1.54) is 12.8 Å². The summed E-state index contributed by atoms with van der Waals surface area (Å²) < 4.78 is 0. The lowest BCUT2D eigenvalue weighted by molar-refractivity contribution is 0.0696. The number of anilines is 1. The number of carboxylic acid groups (broad SMARTS) is 1. The van der Waals surface area contributed by atoms with E-state index in [4.69, 9.17) is 0 Å². The maximum absolute atomic E-state index is 11.7. The van der Waals surface area contributed by atoms with Gasteiger partial charge in [-0.25, -0.2) is 9.78 Å². The lowest BCUT2D eigenvalue weighted by Gasteiger charge is -2.33. The first-order valence-electron chi connectivity index (χ1n) is 7.88. The predicted octanol–water partition coefficient (Wildman–Crippen LogP) is 3.80. The molecule has 1 N–H and O–H groups in total. The minimum absolute atomic E-state index is 0.369. The predicted molar refractivity (Wildman–Crippen MR) is 85.1 cm³/mol. The molecule has 1 heterocycles. The number of aryl methyl sites for hydroxylation is 2. The van der Waals surface area contributed by atoms with E-state index in [2.05, 4.69) is 23.7 Å². The Bertz CT molecular complexity index is 520. The molecule has 1 aliphatic carbocycles. The van der Waals surface area contributed by atoms with E-state index in [1.54, 1.807) is 0 Å². The number of hydrogen-bond acceptors (Lipinski definition) is 3. The van der Waals surface area contributed by atoms with Crippen LogP contribution in [0.5, 0.6) is 0 Å². The number of rotatable bonds is 5. The number of hydrogen-bond donors (Lipinski definition) is 1. The zero-order valence-electron chi connectivity index (χ0n) is 13.5. The minimum Gasteiger partial charge on any atom is -0.478 e. The molecule has 0 radical (unpaired) electrons. The minimum atomic E-state index is -0.873. The first-order chi connectivity index (χ1) is 9.90. The summed E-state index contributed by atoms with van der Waals surface area (Å²) >= 11 is 0. The molecule has 116 valence electrons. The van der Waals surface area contributed by atoms with Gasteiger partial charge in [0.15, 0.2) is 0 Å². The van der Waals surface area contributed by atoms with Gasteiger partial charge in [0.1, 0.15) is 11.4 Å². The molecule has 0 saturated heterocycles. The highest BCUT2D eigenvalue weighted by molar-refractivity contribution is 5.95. The van der Waals surface area contributed by atoms with Crippen LogP contribution in [0.2, 0.25) is 0 Å². The van der Waals surface area contributed by atoms with Crippen molar-refractivity contribution in [3.8, 4) is 0 Å². The summed E-state index contributed by atoms with van der Waals surface area (Å²) in [6.45, 7) is 9.01. The van der Waals surface area contributed by atoms with Crippen LogP contribution in [0.1, 0.15) is 61.1 Å². The highest BCUT2D eigenvalue weighted by Crippen LogP contribution is 2.31. The van der Waals surface area contributed by atoms with Crippen molar-refractivity contribution in [2.75, 3.05) is 11.4 Å². The molecule has 0 bridgehead atoms. The zero-order chi connectivity index (χ0) is 15.6. The highest BCUT2D eigenvalue weighted by Gasteiger charge is 2.28. The smallest absolute Gasteiger partial charge is 0.339 e. The molecule has 1 saturated carbocycles. The molecule has 0 atom stereocenters. The first kappa shape index (κ1) is 15.8. The molecule has 2 rings (SSSR count). The molecular formula is C17H26N2O2. The molecule has 1 aliphatic rings. The fourth-order valence-electron chi connectivity index (χ4n) is 3.31. The quantitative estimate of drug-likeness (QED) is 0.896. The fraction of sp³-hybridized carbons (Fsp3) is 0.647. The van der Waals surface area contributed by atoms with Crippen LogP contribution in [-0.4, -0.2) is 28.6 Å². The molecule has 21 heavy (non-hydrogen) atoms. The zero-order valence-corrected chi connectivity index (χ0v) is 13.5. The summed E-state index contributed by atoms with van der Waals surface area (Å²) in [4.78, 5) is 18.5. The SMILES string of the molecule is Cc1cc(C)c(C(=O)O)c(N(CC(C)C)C2CCCC2)n1. The normalized spacial score (nSPS) is 15.7. The van der Waals surface area contributed by atoms with E-state index in [-0.39, 0.29) is 0 Å². The Morgan fingerprint density at radius 2 is 2.00 bits per heavy atom. The molecule has 0 unspecified atom stereocenters. The molecule has 0 amide bonds. The van der Waals surface area contributed by atoms with Gasteiger partial charge in [-0.2, -0.15) is 0 Å². The standard InChI is InChI=1S/C17H26N2O2/c1-11(2)10-19(14-7-5-6-8-14)16-15(17(20)21)12(3)9-13(4)18-16/h9,11,14H,5-8,10H2,1-4H3,(H,20,21). The summed E-state index contributed by atoms with van der Waals surface area (Å²) in [5.41, 5.74) is 2.06. The van der Waals surface area contributed by atoms with Gasteiger partial charge in [0, 0.05) is 18.3 Å². The Balaban J connectivity index is 2.49. The Hall–Kier alpha value is -1.58. The van der Waals surface area contributed by atoms with Crippen LogP contribution in [0.3, 0.4) is 0 Å². The Morgan fingerprint density at radius 1 is 1.38 bits per heavy atom. The molecule has 1 fully saturated rings. The van der Waals surface area contributed by atoms with Crippen molar-refractivity contribution < 1.29 is 9.90 Å². The number of pyridine rings is 1. The van der Waals surface area contributed by atoms with E-state index in [0.29, 0.717) is 23.3 Å². The van der Waals surface area contributed by atoms with E-state index >= 15 is 0 Å². The van der Waals surface area contributed by atoms with E-state index in [1.807, 2.05) is 19.9 Å². The maximum atomic E-state index is 11.7. The van der Waals surface area contributed by atoms with Crippen LogP contribution in [0.25, 0.3) is 0 Å². The number of carbonyl (C=O) groups is 1. The molecule has 4 nitrogen and oxygen atoms in total. The van der Waals surface area contributed by atoms with Crippen LogP contribution < -0.4 is 4.90 Å². The number of aromatic carboxylic acids is 1. The lowest BCUT2D eigenvalue weighted by atomic mass is 10.1. The van der Waals surface area contributed by atoms with E-state index in [0.717, 1.165) is 30.6 Å². The molecule has 4 heteroatoms. The van der Waals surface area contributed by atoms with Gasteiger partial charge in [0.25, 0.3) is 0 Å². The van der Waals surface area contributed by atoms with Crippen LogP contribution in [0, 0.1) is 19.8 Å². The van der Waals surface area contributed by atoms with Crippen molar-refractivity contribution >= 4 is 11.8 Å². The van der Waals surface area contributed by atoms with Crippen molar-refractivity contribution in [3.63, 3.8) is 0 Å². The van der Waals surface area contributed by atoms with Gasteiger partial charge in [-0.3, -0.25) is 0 Å². The average Bonchev–Trinajstić information content (AvgIpc) is 2.87. The van der Waals surface area contributed by atoms with Gasteiger partial charge in [-0.05, 0) is 44.2 Å². The van der Waals surface area contributed by atoms with Gasteiger partial charge in [0.05, 0.1) is 0 Å². The second-order valence-corrected chi connectivity index (χ2v) is 6.57. The summed E-state index contributed by atoms with van der Waals surface area (Å²) in [5.74, 6) is 0.275. The average molecular weight is 290 g/mol. The summed E-state index contributed by atoms with van der Waals surface area (Å²) in [6.07, 6.45) is 4.74. The van der Waals surface area contributed by atoms with Crippen LogP contribution in [-0.2, 0) is 0 Å². The topological polar surface area (TPSA) is 53.4 Å². The fourth-order valence-corrected chi connectivity index (χ4v) is 3.31. The summed E-state index contributed by atoms with van der Waals surface area (Å²) in [5, 5.41) is 9.60. The second kappa shape index (κ2) is 6.46. The van der Waals surface area contributed by atoms with E-state index < -0.39 is 5.97 Å². The Labute approximate surface area is 127 Å². The van der Waals surface area contributed by atoms with Gasteiger partial charge in [-0.1, -0.05) is 26.7 Å². The molecule has 1 aromatic rings. The van der Waals surface area contributed by atoms with Gasteiger partial charge in [-0.15, -0.1) is 0 Å². The molecule has 1 aromatic heterocycles. The van der Waals surface area contributed by atoms with Crippen molar-refractivity contribution in [3.05, 3.63) is 22.9 Å². The largest absolute Gasteiger partial charge is 0.478 e. The maximum Gasteiger partial charge on any atom is 0.339 e. The number of nitrogens with zero attached hydrogens (tertiary/aromatic N) is 2. The van der Waals surface area contributed by atoms with Gasteiger partial charge in [0.2, 0.25) is 0 Å². The second-order valence-electron chi connectivity index (χ2n) is 6.57. The molecule has 0 aromatic carbocycles. The molecule has 0 aliphatic heterocycles. The number of carboxylic acids is 1. The third-order valence-corrected chi connectivity index (χ3v) is 4.14. The lowest BCUT2D eigenvalue weighted by Crippen LogP contribution is -2.38. The van der Waals surface area contributed by atoms with Crippen LogP contribution >= 0.6 is 0 Å². The summed E-state index contributed by atoms with van der Waals surface area (Å²) in [6, 6.07) is 2.29. The molecule has 0 spiro atoms. The molecular weight excluding hydrogens is 264 g/mol. The third-order valence-electron chi connectivity index (χ3n) is 4.14. The van der Waals surface area contributed by atoms with Crippen molar-refractivity contribution in [1.29, 1.82) is 0 Å². The monoisotopic (exact) mass is 290 g/mol. The van der Waals surface area contributed by atoms with Crippen LogP contribution in [0.15, 0.2) is 6.07 Å². The van der Waals surface area contributed by atoms with E-state index in [9.17, 15) is 9.90 Å². The van der Waals surface area contributed by atoms with Crippen molar-refractivity contribution in [2.24, 2.45) is 5.92 Å². The Kier molecular flexibility index (Phi) is 4.86.